The quantitative estimate of drug-likeness (QED) is 0.287. The molecule has 3 aromatic rings. The van der Waals surface area contributed by atoms with Gasteiger partial charge in [0.2, 0.25) is 11.7 Å². The number of carbonyl (C=O) groups excluding carboxylic acids is 1. The van der Waals surface area contributed by atoms with E-state index in [2.05, 4.69) is 39.3 Å². The van der Waals surface area contributed by atoms with E-state index in [-0.39, 0.29) is 24.9 Å². The lowest BCUT2D eigenvalue weighted by molar-refractivity contribution is -0.133. The van der Waals surface area contributed by atoms with Gasteiger partial charge in [-0.15, -0.1) is 6.58 Å². The maximum Gasteiger partial charge on any atom is 0.261 e. The minimum Gasteiger partial charge on any atom is -0.484 e. The highest BCUT2D eigenvalue weighted by molar-refractivity contribution is 14.1. The van der Waals surface area contributed by atoms with Crippen molar-refractivity contribution in [2.24, 2.45) is 0 Å². The van der Waals surface area contributed by atoms with Gasteiger partial charge in [0.1, 0.15) is 12.3 Å². The average Bonchev–Trinajstić information content (AvgIpc) is 3.15. The monoisotopic (exact) mass is 543 g/mol. The second-order valence-electron chi connectivity index (χ2n) is 5.94. The van der Waals surface area contributed by atoms with Crippen LogP contribution in [-0.4, -0.2) is 34.1 Å². The molecule has 150 valence electrons. The Hall–Kier alpha value is -2.10. The predicted molar refractivity (Wildman–Crippen MR) is 120 cm³/mol. The lowest BCUT2D eigenvalue weighted by atomic mass is 10.2. The third-order valence-corrected chi connectivity index (χ3v) is 5.11. The molecular formula is C20H16Cl2IN3O3. The molecule has 0 saturated heterocycles. The fourth-order valence-corrected chi connectivity index (χ4v) is 3.29. The first-order chi connectivity index (χ1) is 14.0. The molecule has 1 heterocycles. The highest BCUT2D eigenvalue weighted by Crippen LogP contribution is 2.28. The van der Waals surface area contributed by atoms with Crippen LogP contribution in [0.1, 0.15) is 5.89 Å². The number of carbonyl (C=O) groups is 1. The molecule has 0 bridgehead atoms. The molecular weight excluding hydrogens is 528 g/mol. The second kappa shape index (κ2) is 10.1. The van der Waals surface area contributed by atoms with E-state index in [1.54, 1.807) is 24.3 Å². The van der Waals surface area contributed by atoms with Gasteiger partial charge in [0.25, 0.3) is 5.91 Å². The summed E-state index contributed by atoms with van der Waals surface area (Å²) >= 11 is 14.3. The molecule has 29 heavy (non-hydrogen) atoms. The molecule has 0 aliphatic rings. The van der Waals surface area contributed by atoms with Crippen molar-refractivity contribution in [2.45, 2.75) is 6.54 Å². The lowest BCUT2D eigenvalue weighted by Crippen LogP contribution is -2.34. The van der Waals surface area contributed by atoms with Crippen molar-refractivity contribution < 1.29 is 14.1 Å². The number of hydrogen-bond donors (Lipinski definition) is 0. The highest BCUT2D eigenvalue weighted by Gasteiger charge is 2.19. The third-order valence-electron chi connectivity index (χ3n) is 3.84. The number of rotatable bonds is 8. The van der Waals surface area contributed by atoms with Gasteiger partial charge < -0.3 is 14.2 Å². The first-order valence-corrected chi connectivity index (χ1v) is 10.3. The summed E-state index contributed by atoms with van der Waals surface area (Å²) in [5, 5.41) is 4.87. The zero-order valence-electron chi connectivity index (χ0n) is 15.1. The van der Waals surface area contributed by atoms with E-state index in [9.17, 15) is 4.79 Å². The summed E-state index contributed by atoms with van der Waals surface area (Å²) in [5.41, 5.74) is 0.592. The molecule has 0 N–H and O–H groups in total. The van der Waals surface area contributed by atoms with Crippen LogP contribution in [0, 0.1) is 3.57 Å². The molecule has 0 aliphatic carbocycles. The fraction of sp³-hybridized carbons (Fsp3) is 0.150. The van der Waals surface area contributed by atoms with Crippen LogP contribution in [0.25, 0.3) is 11.4 Å². The molecule has 3 rings (SSSR count). The number of aromatic nitrogens is 2. The zero-order chi connectivity index (χ0) is 20.8. The topological polar surface area (TPSA) is 68.5 Å². The van der Waals surface area contributed by atoms with Crippen LogP contribution < -0.4 is 4.74 Å². The molecule has 1 amide bonds. The largest absolute Gasteiger partial charge is 0.484 e. The Morgan fingerprint density at radius 3 is 2.69 bits per heavy atom. The van der Waals surface area contributed by atoms with Crippen LogP contribution >= 0.6 is 45.8 Å². The van der Waals surface area contributed by atoms with Gasteiger partial charge in [-0.05, 0) is 65.1 Å². The minimum absolute atomic E-state index is 0.113. The summed E-state index contributed by atoms with van der Waals surface area (Å²) in [6.07, 6.45) is 1.62. The lowest BCUT2D eigenvalue weighted by Gasteiger charge is -2.19. The third kappa shape index (κ3) is 5.94. The Labute approximate surface area is 191 Å². The molecule has 9 heteroatoms. The molecule has 0 atom stereocenters. The minimum atomic E-state index is -0.229. The Morgan fingerprint density at radius 1 is 1.24 bits per heavy atom. The maximum absolute atomic E-state index is 12.6. The Morgan fingerprint density at radius 2 is 2.00 bits per heavy atom. The normalized spacial score (nSPS) is 10.6. The van der Waals surface area contributed by atoms with Crippen LogP contribution in [0.3, 0.4) is 0 Å². The number of benzene rings is 2. The Balaban J connectivity index is 1.66. The van der Waals surface area contributed by atoms with Crippen LogP contribution in [0.2, 0.25) is 10.0 Å². The smallest absolute Gasteiger partial charge is 0.261 e. The molecule has 0 aliphatic heterocycles. The van der Waals surface area contributed by atoms with Crippen molar-refractivity contribution in [1.82, 2.24) is 15.0 Å². The van der Waals surface area contributed by atoms with E-state index in [4.69, 9.17) is 32.5 Å². The number of halogens is 3. The molecule has 0 saturated carbocycles. The van der Waals surface area contributed by atoms with Crippen molar-refractivity contribution >= 4 is 51.7 Å². The number of amides is 1. The summed E-state index contributed by atoms with van der Waals surface area (Å²) in [6.45, 7) is 4.02. The summed E-state index contributed by atoms with van der Waals surface area (Å²) in [5.74, 6) is 0.987. The first-order valence-electron chi connectivity index (χ1n) is 8.51. The summed E-state index contributed by atoms with van der Waals surface area (Å²) < 4.78 is 11.9. The van der Waals surface area contributed by atoms with E-state index in [1.165, 1.54) is 4.90 Å². The van der Waals surface area contributed by atoms with Crippen molar-refractivity contribution in [3.8, 4) is 17.1 Å². The van der Waals surface area contributed by atoms with E-state index < -0.39 is 0 Å². The molecule has 1 aromatic heterocycles. The average molecular weight is 544 g/mol. The molecule has 6 nitrogen and oxygen atoms in total. The second-order valence-corrected chi connectivity index (χ2v) is 8.03. The van der Waals surface area contributed by atoms with Crippen LogP contribution in [-0.2, 0) is 11.3 Å². The van der Waals surface area contributed by atoms with Gasteiger partial charge in [-0.3, -0.25) is 4.79 Å². The van der Waals surface area contributed by atoms with Gasteiger partial charge in [-0.1, -0.05) is 34.4 Å². The van der Waals surface area contributed by atoms with Crippen LogP contribution in [0.15, 0.2) is 59.6 Å². The summed E-state index contributed by atoms with van der Waals surface area (Å²) in [6, 6.07) is 12.4. The zero-order valence-corrected chi connectivity index (χ0v) is 18.8. The SMILES string of the molecule is C=CCN(Cc1nc(-c2ccc(Cl)cc2Cl)no1)C(=O)COc1ccc(I)cc1. The molecule has 0 radical (unpaired) electrons. The van der Waals surface area contributed by atoms with Crippen molar-refractivity contribution in [3.63, 3.8) is 0 Å². The number of nitrogens with zero attached hydrogens (tertiary/aromatic N) is 3. The van der Waals surface area contributed by atoms with E-state index >= 15 is 0 Å². The summed E-state index contributed by atoms with van der Waals surface area (Å²) in [7, 11) is 0. The van der Waals surface area contributed by atoms with Gasteiger partial charge >= 0.3 is 0 Å². The predicted octanol–water partition coefficient (Wildman–Crippen LogP) is 5.24. The molecule has 0 spiro atoms. The number of hydrogen-bond acceptors (Lipinski definition) is 5. The van der Waals surface area contributed by atoms with Crippen molar-refractivity contribution in [2.75, 3.05) is 13.2 Å². The van der Waals surface area contributed by atoms with Crippen molar-refractivity contribution in [3.05, 3.63) is 74.6 Å². The van der Waals surface area contributed by atoms with Crippen LogP contribution in [0.4, 0.5) is 0 Å². The standard InChI is InChI=1S/C20H16Cl2IN3O3/c1-2-9-26(19(27)12-28-15-6-4-14(23)5-7-15)11-18-24-20(25-29-18)16-8-3-13(21)10-17(16)22/h2-8,10H,1,9,11-12H2. The Kier molecular flexibility index (Phi) is 7.51. The Bertz CT molecular complexity index is 1010. The van der Waals surface area contributed by atoms with Gasteiger partial charge in [0, 0.05) is 20.7 Å². The van der Waals surface area contributed by atoms with Gasteiger partial charge in [0.05, 0.1) is 5.02 Å². The first kappa shape index (κ1) is 21.6. The van der Waals surface area contributed by atoms with Gasteiger partial charge in [-0.2, -0.15) is 4.98 Å². The molecule has 0 unspecified atom stereocenters. The van der Waals surface area contributed by atoms with E-state index in [0.717, 1.165) is 3.57 Å². The maximum atomic E-state index is 12.6. The van der Waals surface area contributed by atoms with Gasteiger partial charge in [-0.25, -0.2) is 0 Å². The van der Waals surface area contributed by atoms with Crippen LogP contribution in [0.5, 0.6) is 5.75 Å². The van der Waals surface area contributed by atoms with Gasteiger partial charge in [0.15, 0.2) is 6.61 Å². The van der Waals surface area contributed by atoms with E-state index in [1.807, 2.05) is 24.3 Å². The highest BCUT2D eigenvalue weighted by atomic mass is 127. The van der Waals surface area contributed by atoms with E-state index in [0.29, 0.717) is 33.7 Å². The number of ether oxygens (including phenoxy) is 1. The summed E-state index contributed by atoms with van der Waals surface area (Å²) in [4.78, 5) is 18.4. The molecule has 2 aromatic carbocycles. The van der Waals surface area contributed by atoms with Crippen molar-refractivity contribution in [1.29, 1.82) is 0 Å². The molecule has 0 fully saturated rings. The fourth-order valence-electron chi connectivity index (χ4n) is 2.44.